The van der Waals surface area contributed by atoms with Crippen molar-refractivity contribution >= 4 is 5.91 Å². The van der Waals surface area contributed by atoms with Crippen molar-refractivity contribution in [2.75, 3.05) is 19.6 Å². The zero-order valence-corrected chi connectivity index (χ0v) is 14.8. The highest BCUT2D eigenvalue weighted by molar-refractivity contribution is 5.94. The minimum Gasteiger partial charge on any atom is -0.350 e. The van der Waals surface area contributed by atoms with Crippen molar-refractivity contribution in [3.8, 4) is 5.82 Å². The van der Waals surface area contributed by atoms with Crippen molar-refractivity contribution in [2.24, 2.45) is 0 Å². The maximum Gasteiger partial charge on any atom is 0.253 e. The van der Waals surface area contributed by atoms with Gasteiger partial charge in [0.05, 0.1) is 5.56 Å². The maximum atomic E-state index is 12.3. The lowest BCUT2D eigenvalue weighted by atomic mass is 10.1. The Kier molecular flexibility index (Phi) is 6.93. The maximum absolute atomic E-state index is 12.3. The van der Waals surface area contributed by atoms with Gasteiger partial charge < -0.3 is 10.2 Å². The number of carbonyl (C=O) groups excluding carboxylic acids is 1. The molecule has 0 spiro atoms. The van der Waals surface area contributed by atoms with E-state index in [9.17, 15) is 4.79 Å². The molecule has 1 N–H and O–H groups in total. The summed E-state index contributed by atoms with van der Waals surface area (Å²) in [5, 5.41) is 3.04. The lowest BCUT2D eigenvalue weighted by molar-refractivity contribution is 0.0937. The van der Waals surface area contributed by atoms with Crippen LogP contribution in [0.3, 0.4) is 0 Å². The fourth-order valence-corrected chi connectivity index (χ4v) is 2.61. The van der Waals surface area contributed by atoms with Gasteiger partial charge >= 0.3 is 0 Å². The monoisotopic (exact) mass is 329 g/mol. The molecule has 0 aliphatic heterocycles. The molecule has 0 radical (unpaired) electrons. The van der Waals surface area contributed by atoms with Crippen LogP contribution in [0.2, 0.25) is 0 Å². The number of carbonyl (C=O) groups is 1. The van der Waals surface area contributed by atoms with E-state index in [-0.39, 0.29) is 11.9 Å². The fourth-order valence-electron chi connectivity index (χ4n) is 2.61. The van der Waals surface area contributed by atoms with Gasteiger partial charge in [0.1, 0.15) is 12.1 Å². The summed E-state index contributed by atoms with van der Waals surface area (Å²) in [6.45, 7) is 9.63. The van der Waals surface area contributed by atoms with Crippen LogP contribution in [0, 0.1) is 0 Å². The average Bonchev–Trinajstić information content (AvgIpc) is 3.13. The Labute approximate surface area is 143 Å². The molecule has 0 saturated heterocycles. The molecule has 24 heavy (non-hydrogen) atoms. The van der Waals surface area contributed by atoms with Crippen molar-refractivity contribution in [3.05, 3.63) is 42.6 Å². The molecule has 1 amide bonds. The highest BCUT2D eigenvalue weighted by Crippen LogP contribution is 2.07. The molecular formula is C18H27N5O. The molecule has 6 nitrogen and oxygen atoms in total. The third-order valence-electron chi connectivity index (χ3n) is 4.16. The predicted octanol–water partition coefficient (Wildman–Crippen LogP) is 2.51. The number of imidazole rings is 1. The smallest absolute Gasteiger partial charge is 0.253 e. The van der Waals surface area contributed by atoms with Crippen LogP contribution in [-0.4, -0.2) is 51.0 Å². The van der Waals surface area contributed by atoms with Gasteiger partial charge in [-0.15, -0.1) is 0 Å². The van der Waals surface area contributed by atoms with Crippen molar-refractivity contribution in [3.63, 3.8) is 0 Å². The normalized spacial score (nSPS) is 12.3. The summed E-state index contributed by atoms with van der Waals surface area (Å²) in [6, 6.07) is 3.77. The Balaban J connectivity index is 1.81. The molecule has 2 heterocycles. The minimum atomic E-state index is -0.0741. The number of nitrogens with zero attached hydrogens (tertiary/aromatic N) is 4. The molecular weight excluding hydrogens is 302 g/mol. The van der Waals surface area contributed by atoms with Crippen LogP contribution in [0.25, 0.3) is 5.82 Å². The van der Waals surface area contributed by atoms with Crippen molar-refractivity contribution in [1.82, 2.24) is 24.8 Å². The molecule has 1 unspecified atom stereocenters. The summed E-state index contributed by atoms with van der Waals surface area (Å²) in [6.07, 6.45) is 8.86. The fraction of sp³-hybridized carbons (Fsp3) is 0.500. The quantitative estimate of drug-likeness (QED) is 0.768. The van der Waals surface area contributed by atoms with E-state index >= 15 is 0 Å². The van der Waals surface area contributed by atoms with Crippen LogP contribution in [0.5, 0.6) is 0 Å². The third kappa shape index (κ3) is 5.16. The zero-order chi connectivity index (χ0) is 17.4. The summed E-state index contributed by atoms with van der Waals surface area (Å²) in [5.74, 6) is 0.673. The molecule has 0 aromatic carbocycles. The first-order valence-corrected chi connectivity index (χ1v) is 8.61. The van der Waals surface area contributed by atoms with Crippen molar-refractivity contribution in [1.29, 1.82) is 0 Å². The van der Waals surface area contributed by atoms with E-state index in [4.69, 9.17) is 0 Å². The summed E-state index contributed by atoms with van der Waals surface area (Å²) in [5.41, 5.74) is 0.578. The van der Waals surface area contributed by atoms with Gasteiger partial charge in [0, 0.05) is 24.6 Å². The van der Waals surface area contributed by atoms with Gasteiger partial charge in [0.2, 0.25) is 0 Å². The lowest BCUT2D eigenvalue weighted by Gasteiger charge is -2.19. The average molecular weight is 329 g/mol. The van der Waals surface area contributed by atoms with Crippen LogP contribution >= 0.6 is 0 Å². The van der Waals surface area contributed by atoms with Gasteiger partial charge in [-0.3, -0.25) is 9.36 Å². The number of pyridine rings is 1. The second-order valence-electron chi connectivity index (χ2n) is 5.92. The van der Waals surface area contributed by atoms with Gasteiger partial charge in [0.25, 0.3) is 5.91 Å². The molecule has 6 heteroatoms. The molecule has 130 valence electrons. The summed E-state index contributed by atoms with van der Waals surface area (Å²) in [4.78, 5) is 23.0. The summed E-state index contributed by atoms with van der Waals surface area (Å²) in [7, 11) is 0. The van der Waals surface area contributed by atoms with Crippen LogP contribution in [-0.2, 0) is 0 Å². The number of nitrogens with one attached hydrogen (secondary N) is 1. The van der Waals surface area contributed by atoms with Crippen molar-refractivity contribution in [2.45, 2.75) is 39.7 Å². The first-order valence-electron chi connectivity index (χ1n) is 8.61. The van der Waals surface area contributed by atoms with Gasteiger partial charge in [0.15, 0.2) is 0 Å². The second kappa shape index (κ2) is 9.17. The molecule has 0 saturated carbocycles. The van der Waals surface area contributed by atoms with Crippen LogP contribution in [0.1, 0.15) is 44.0 Å². The topological polar surface area (TPSA) is 63.1 Å². The Hall–Kier alpha value is -2.21. The Morgan fingerprint density at radius 2 is 2.12 bits per heavy atom. The van der Waals surface area contributed by atoms with Crippen LogP contribution in [0.4, 0.5) is 0 Å². The molecule has 1 atom stereocenters. The number of hydrogen-bond donors (Lipinski definition) is 1. The van der Waals surface area contributed by atoms with E-state index in [0.29, 0.717) is 5.56 Å². The highest BCUT2D eigenvalue weighted by atomic mass is 16.1. The zero-order valence-electron chi connectivity index (χ0n) is 14.8. The molecule has 0 aliphatic rings. The van der Waals surface area contributed by atoms with Crippen LogP contribution < -0.4 is 5.32 Å². The number of rotatable bonds is 9. The van der Waals surface area contributed by atoms with Gasteiger partial charge in [-0.1, -0.05) is 13.8 Å². The standard InChI is InChI=1S/C18H27N5O/c1-4-22(5-2)11-6-7-15(3)21-18(24)16-8-9-17(20-13-16)23-12-10-19-14-23/h8-10,12-15H,4-7,11H2,1-3H3,(H,21,24). The van der Waals surface area contributed by atoms with E-state index in [2.05, 4.69) is 34.0 Å². The Bertz CT molecular complexity index is 605. The molecule has 2 aromatic heterocycles. The SMILES string of the molecule is CCN(CC)CCCC(C)NC(=O)c1ccc(-n2ccnc2)nc1. The lowest BCUT2D eigenvalue weighted by Crippen LogP contribution is -2.33. The van der Waals surface area contributed by atoms with E-state index < -0.39 is 0 Å². The second-order valence-corrected chi connectivity index (χ2v) is 5.92. The molecule has 2 rings (SSSR count). The first-order chi connectivity index (χ1) is 11.6. The summed E-state index contributed by atoms with van der Waals surface area (Å²) >= 11 is 0. The van der Waals surface area contributed by atoms with E-state index in [1.54, 1.807) is 29.4 Å². The van der Waals surface area contributed by atoms with Gasteiger partial charge in [-0.05, 0) is 51.5 Å². The largest absolute Gasteiger partial charge is 0.350 e. The van der Waals surface area contributed by atoms with E-state index in [1.807, 2.05) is 19.2 Å². The van der Waals surface area contributed by atoms with Crippen LogP contribution in [0.15, 0.2) is 37.1 Å². The van der Waals surface area contributed by atoms with E-state index in [1.165, 1.54) is 0 Å². The first kappa shape index (κ1) is 18.1. The molecule has 2 aromatic rings. The number of aromatic nitrogens is 3. The Morgan fingerprint density at radius 1 is 1.33 bits per heavy atom. The number of hydrogen-bond acceptors (Lipinski definition) is 4. The highest BCUT2D eigenvalue weighted by Gasteiger charge is 2.11. The molecule has 0 fully saturated rings. The predicted molar refractivity (Wildman–Crippen MR) is 95.3 cm³/mol. The minimum absolute atomic E-state index is 0.0741. The third-order valence-corrected chi connectivity index (χ3v) is 4.16. The van der Waals surface area contributed by atoms with Gasteiger partial charge in [-0.25, -0.2) is 9.97 Å². The Morgan fingerprint density at radius 3 is 2.71 bits per heavy atom. The summed E-state index contributed by atoms with van der Waals surface area (Å²) < 4.78 is 1.80. The molecule has 0 bridgehead atoms. The molecule has 0 aliphatic carbocycles. The number of amides is 1. The van der Waals surface area contributed by atoms with Gasteiger partial charge in [-0.2, -0.15) is 0 Å². The van der Waals surface area contributed by atoms with Crippen molar-refractivity contribution < 1.29 is 4.79 Å². The van der Waals surface area contributed by atoms with E-state index in [0.717, 1.165) is 38.3 Å².